The van der Waals surface area contributed by atoms with Gasteiger partial charge in [0.25, 0.3) is 0 Å². The topological polar surface area (TPSA) is 12.4 Å². The van der Waals surface area contributed by atoms with Crippen molar-refractivity contribution in [2.75, 3.05) is 0 Å². The molecule has 0 N–H and O–H groups in total. The molecule has 0 spiro atoms. The zero-order chi connectivity index (χ0) is 14.3. The highest BCUT2D eigenvalue weighted by Crippen LogP contribution is 2.33. The molecule has 0 saturated heterocycles. The summed E-state index contributed by atoms with van der Waals surface area (Å²) < 4.78 is 0. The van der Waals surface area contributed by atoms with Crippen LogP contribution in [0.25, 0.3) is 0 Å². The van der Waals surface area contributed by atoms with E-state index >= 15 is 0 Å². The second-order valence-corrected chi connectivity index (χ2v) is 5.90. The zero-order valence-electron chi connectivity index (χ0n) is 13.2. The minimum absolute atomic E-state index is 0.529. The molecule has 19 heavy (non-hydrogen) atoms. The van der Waals surface area contributed by atoms with Crippen molar-refractivity contribution in [1.82, 2.24) is 0 Å². The largest absolute Gasteiger partial charge is 0.261 e. The van der Waals surface area contributed by atoms with E-state index in [2.05, 4.69) is 59.0 Å². The molecule has 0 aromatic heterocycles. The van der Waals surface area contributed by atoms with Crippen LogP contribution >= 0.6 is 0 Å². The number of rotatable bonds is 7. The van der Waals surface area contributed by atoms with Gasteiger partial charge in [0.15, 0.2) is 0 Å². The van der Waals surface area contributed by atoms with Crippen LogP contribution in [0.3, 0.4) is 0 Å². The first kappa shape index (κ1) is 15.9. The van der Waals surface area contributed by atoms with Gasteiger partial charge < -0.3 is 0 Å². The van der Waals surface area contributed by atoms with Gasteiger partial charge in [-0.15, -0.1) is 0 Å². The SMILES string of the molecule is CCCCCC=Nc1cccc(C(C)C)c1C(C)C. The Kier molecular flexibility index (Phi) is 6.83. The quantitative estimate of drug-likeness (QED) is 0.407. The van der Waals surface area contributed by atoms with E-state index < -0.39 is 0 Å². The molecule has 0 unspecified atom stereocenters. The normalized spacial score (nSPS) is 11.9. The summed E-state index contributed by atoms with van der Waals surface area (Å²) in [6.45, 7) is 11.3. The molecule has 0 radical (unpaired) electrons. The van der Waals surface area contributed by atoms with Crippen LogP contribution in [-0.2, 0) is 0 Å². The first-order valence-corrected chi connectivity index (χ1v) is 7.73. The third kappa shape index (κ3) is 4.81. The molecule has 0 heterocycles. The van der Waals surface area contributed by atoms with Gasteiger partial charge in [-0.2, -0.15) is 0 Å². The molecule has 0 aliphatic carbocycles. The molecule has 0 aliphatic heterocycles. The summed E-state index contributed by atoms with van der Waals surface area (Å²) in [6.07, 6.45) is 7.02. The van der Waals surface area contributed by atoms with Crippen LogP contribution in [0.15, 0.2) is 23.2 Å². The van der Waals surface area contributed by atoms with Gasteiger partial charge in [-0.3, -0.25) is 4.99 Å². The second-order valence-electron chi connectivity index (χ2n) is 5.90. The van der Waals surface area contributed by atoms with Crippen molar-refractivity contribution < 1.29 is 0 Å². The smallest absolute Gasteiger partial charge is 0.0663 e. The maximum atomic E-state index is 4.72. The highest BCUT2D eigenvalue weighted by atomic mass is 14.7. The molecule has 0 aliphatic rings. The molecule has 1 aromatic rings. The van der Waals surface area contributed by atoms with E-state index in [0.29, 0.717) is 11.8 Å². The number of unbranched alkanes of at least 4 members (excludes halogenated alkanes) is 3. The molecule has 0 saturated carbocycles. The van der Waals surface area contributed by atoms with Crippen LogP contribution in [0.5, 0.6) is 0 Å². The number of hydrogen-bond acceptors (Lipinski definition) is 1. The lowest BCUT2D eigenvalue weighted by Crippen LogP contribution is -1.99. The standard InChI is InChI=1S/C18H29N/c1-6-7-8-9-13-19-17-12-10-11-16(14(2)3)18(17)15(4)5/h10-15H,6-9H2,1-5H3. The van der Waals surface area contributed by atoms with Gasteiger partial charge in [-0.1, -0.05) is 59.6 Å². The average molecular weight is 259 g/mol. The van der Waals surface area contributed by atoms with Gasteiger partial charge >= 0.3 is 0 Å². The fraction of sp³-hybridized carbons (Fsp3) is 0.611. The summed E-state index contributed by atoms with van der Waals surface area (Å²) >= 11 is 0. The Bertz CT molecular complexity index is 402. The number of nitrogens with zero attached hydrogens (tertiary/aromatic N) is 1. The molecular weight excluding hydrogens is 230 g/mol. The van der Waals surface area contributed by atoms with E-state index in [1.54, 1.807) is 0 Å². The Balaban J connectivity index is 2.90. The summed E-state index contributed by atoms with van der Waals surface area (Å²) in [6, 6.07) is 6.54. The molecule has 0 fully saturated rings. The van der Waals surface area contributed by atoms with E-state index in [1.165, 1.54) is 30.4 Å². The predicted octanol–water partition coefficient (Wildman–Crippen LogP) is 6.22. The van der Waals surface area contributed by atoms with E-state index in [9.17, 15) is 0 Å². The molecule has 106 valence electrons. The van der Waals surface area contributed by atoms with Crippen LogP contribution in [0, 0.1) is 0 Å². The third-order valence-electron chi connectivity index (χ3n) is 3.48. The molecule has 1 nitrogen and oxygen atoms in total. The van der Waals surface area contributed by atoms with Crippen molar-refractivity contribution in [2.45, 2.75) is 72.1 Å². The Morgan fingerprint density at radius 1 is 1.05 bits per heavy atom. The Morgan fingerprint density at radius 2 is 1.79 bits per heavy atom. The molecule has 0 bridgehead atoms. The Labute approximate surface area is 119 Å². The first-order chi connectivity index (χ1) is 9.07. The fourth-order valence-electron chi connectivity index (χ4n) is 2.46. The summed E-state index contributed by atoms with van der Waals surface area (Å²) in [4.78, 5) is 4.72. The van der Waals surface area contributed by atoms with Gasteiger partial charge in [0.2, 0.25) is 0 Å². The van der Waals surface area contributed by atoms with Gasteiger partial charge in [0.1, 0.15) is 0 Å². The van der Waals surface area contributed by atoms with Gasteiger partial charge in [0, 0.05) is 6.21 Å². The zero-order valence-corrected chi connectivity index (χ0v) is 13.2. The van der Waals surface area contributed by atoms with Crippen molar-refractivity contribution in [3.8, 4) is 0 Å². The van der Waals surface area contributed by atoms with E-state index in [0.717, 1.165) is 12.1 Å². The van der Waals surface area contributed by atoms with Gasteiger partial charge in [0.05, 0.1) is 5.69 Å². The van der Waals surface area contributed by atoms with Crippen molar-refractivity contribution in [3.63, 3.8) is 0 Å². The summed E-state index contributed by atoms with van der Waals surface area (Å²) in [5, 5.41) is 0. The van der Waals surface area contributed by atoms with Crippen molar-refractivity contribution in [3.05, 3.63) is 29.3 Å². The lowest BCUT2D eigenvalue weighted by Gasteiger charge is -2.18. The number of hydrogen-bond donors (Lipinski definition) is 0. The minimum Gasteiger partial charge on any atom is -0.261 e. The molecule has 0 amide bonds. The average Bonchev–Trinajstić information content (AvgIpc) is 2.37. The molecule has 1 aromatic carbocycles. The molecule has 1 rings (SSSR count). The monoisotopic (exact) mass is 259 g/mol. The highest BCUT2D eigenvalue weighted by Gasteiger charge is 2.13. The number of aliphatic imine (C=N–C) groups is 1. The van der Waals surface area contributed by atoms with Gasteiger partial charge in [-0.05, 0) is 41.9 Å². The van der Waals surface area contributed by atoms with E-state index in [-0.39, 0.29) is 0 Å². The molecule has 1 heteroatoms. The van der Waals surface area contributed by atoms with Crippen molar-refractivity contribution in [2.24, 2.45) is 4.99 Å². The predicted molar refractivity (Wildman–Crippen MR) is 86.9 cm³/mol. The fourth-order valence-corrected chi connectivity index (χ4v) is 2.46. The summed E-state index contributed by atoms with van der Waals surface area (Å²) in [5.74, 6) is 1.09. The van der Waals surface area contributed by atoms with E-state index in [4.69, 9.17) is 4.99 Å². The molecule has 0 atom stereocenters. The highest BCUT2D eigenvalue weighted by molar-refractivity contribution is 5.66. The van der Waals surface area contributed by atoms with Crippen molar-refractivity contribution >= 4 is 11.9 Å². The van der Waals surface area contributed by atoms with Crippen LogP contribution < -0.4 is 0 Å². The van der Waals surface area contributed by atoms with Crippen molar-refractivity contribution in [1.29, 1.82) is 0 Å². The van der Waals surface area contributed by atoms with Gasteiger partial charge in [-0.25, -0.2) is 0 Å². The Hall–Kier alpha value is -1.11. The lowest BCUT2D eigenvalue weighted by molar-refractivity contribution is 0.746. The second kappa shape index (κ2) is 8.14. The van der Waals surface area contributed by atoms with E-state index in [1.807, 2.05) is 0 Å². The maximum Gasteiger partial charge on any atom is 0.0663 e. The van der Waals surface area contributed by atoms with Crippen LogP contribution in [0.2, 0.25) is 0 Å². The summed E-state index contributed by atoms with van der Waals surface area (Å²) in [5.41, 5.74) is 4.03. The maximum absolute atomic E-state index is 4.72. The van der Waals surface area contributed by atoms with Crippen LogP contribution in [0.1, 0.15) is 83.3 Å². The Morgan fingerprint density at radius 3 is 2.37 bits per heavy atom. The lowest BCUT2D eigenvalue weighted by atomic mass is 9.89. The third-order valence-corrected chi connectivity index (χ3v) is 3.48. The van der Waals surface area contributed by atoms with Crippen LogP contribution in [-0.4, -0.2) is 6.21 Å². The minimum atomic E-state index is 0.529. The van der Waals surface area contributed by atoms with Crippen LogP contribution in [0.4, 0.5) is 5.69 Å². The number of benzene rings is 1. The summed E-state index contributed by atoms with van der Waals surface area (Å²) in [7, 11) is 0. The molecular formula is C18H29N. The first-order valence-electron chi connectivity index (χ1n) is 7.73.